The Kier molecular flexibility index (Phi) is 3.74. The fourth-order valence-electron chi connectivity index (χ4n) is 0.993. The van der Waals surface area contributed by atoms with Gasteiger partial charge >= 0.3 is 5.97 Å². The molecule has 0 atom stereocenters. The number of hydrogen-bond donors (Lipinski definition) is 1. The Balaban J connectivity index is 2.96. The average Bonchev–Trinajstić information content (AvgIpc) is 2.08. The summed E-state index contributed by atoms with van der Waals surface area (Å²) in [5.74, 6) is -0.365. The molecule has 14 heavy (non-hydrogen) atoms. The first-order valence-electron chi connectivity index (χ1n) is 4.27. The van der Waals surface area contributed by atoms with Gasteiger partial charge in [0.1, 0.15) is 0 Å². The van der Waals surface area contributed by atoms with Crippen molar-refractivity contribution in [2.75, 3.05) is 5.73 Å². The number of anilines is 1. The molecule has 0 saturated heterocycles. The van der Waals surface area contributed by atoms with E-state index in [-0.39, 0.29) is 12.1 Å². The molecule has 0 radical (unpaired) electrons. The van der Waals surface area contributed by atoms with Crippen molar-refractivity contribution in [3.05, 3.63) is 27.3 Å². The molecule has 0 fully saturated rings. The van der Waals surface area contributed by atoms with Crippen LogP contribution in [0.3, 0.4) is 0 Å². The van der Waals surface area contributed by atoms with Crippen LogP contribution in [0.5, 0.6) is 0 Å². The number of halogens is 1. The molecule has 0 heterocycles. The van der Waals surface area contributed by atoms with Gasteiger partial charge in [0.05, 0.1) is 17.4 Å². The molecule has 0 spiro atoms. The number of esters is 1. The topological polar surface area (TPSA) is 52.3 Å². The Hall–Kier alpha value is -0.780. The molecule has 1 aromatic carbocycles. The highest BCUT2D eigenvalue weighted by molar-refractivity contribution is 14.1. The molecule has 4 heteroatoms. The molecule has 0 unspecified atom stereocenters. The van der Waals surface area contributed by atoms with Gasteiger partial charge in [-0.2, -0.15) is 0 Å². The van der Waals surface area contributed by atoms with Gasteiger partial charge in [0.25, 0.3) is 0 Å². The number of ether oxygens (including phenoxy) is 1. The van der Waals surface area contributed by atoms with Gasteiger partial charge in [-0.15, -0.1) is 0 Å². The second-order valence-electron chi connectivity index (χ2n) is 3.16. The molecule has 1 aromatic rings. The van der Waals surface area contributed by atoms with Crippen molar-refractivity contribution in [2.24, 2.45) is 0 Å². The monoisotopic (exact) mass is 305 g/mol. The van der Waals surface area contributed by atoms with Gasteiger partial charge in [-0.25, -0.2) is 4.79 Å². The predicted molar refractivity (Wildman–Crippen MR) is 64.1 cm³/mol. The summed E-state index contributed by atoms with van der Waals surface area (Å²) >= 11 is 2.08. The number of carbonyl (C=O) groups excluding carboxylic acids is 1. The Morgan fingerprint density at radius 2 is 2.14 bits per heavy atom. The average molecular weight is 305 g/mol. The first-order chi connectivity index (χ1) is 6.52. The fourth-order valence-corrected chi connectivity index (χ4v) is 1.49. The molecule has 0 aromatic heterocycles. The molecular formula is C10H12INO2. The standard InChI is InChI=1S/C10H12INO2/c1-6(2)14-10(13)7-4-3-5-8(11)9(7)12/h3-6H,12H2,1-2H3. The first-order valence-corrected chi connectivity index (χ1v) is 5.35. The van der Waals surface area contributed by atoms with E-state index in [2.05, 4.69) is 22.6 Å². The molecule has 0 amide bonds. The van der Waals surface area contributed by atoms with E-state index < -0.39 is 0 Å². The number of para-hydroxylation sites is 1. The summed E-state index contributed by atoms with van der Waals surface area (Å²) in [6, 6.07) is 5.30. The van der Waals surface area contributed by atoms with Crippen LogP contribution in [0.2, 0.25) is 0 Å². The maximum absolute atomic E-state index is 11.5. The molecule has 3 nitrogen and oxygen atoms in total. The van der Waals surface area contributed by atoms with Gasteiger partial charge in [-0.05, 0) is 48.6 Å². The minimum Gasteiger partial charge on any atom is -0.459 e. The second kappa shape index (κ2) is 4.63. The largest absolute Gasteiger partial charge is 0.459 e. The highest BCUT2D eigenvalue weighted by atomic mass is 127. The van der Waals surface area contributed by atoms with Gasteiger partial charge in [0, 0.05) is 3.57 Å². The van der Waals surface area contributed by atoms with Crippen molar-refractivity contribution in [3.8, 4) is 0 Å². The number of benzene rings is 1. The Bertz CT molecular complexity index is 350. The molecule has 1 rings (SSSR count). The lowest BCUT2D eigenvalue weighted by Gasteiger charge is -2.10. The summed E-state index contributed by atoms with van der Waals surface area (Å²) in [4.78, 5) is 11.5. The van der Waals surface area contributed by atoms with Gasteiger partial charge in [-0.1, -0.05) is 6.07 Å². The number of carbonyl (C=O) groups is 1. The van der Waals surface area contributed by atoms with Crippen LogP contribution < -0.4 is 5.73 Å². The lowest BCUT2D eigenvalue weighted by molar-refractivity contribution is 0.0379. The zero-order valence-corrected chi connectivity index (χ0v) is 10.2. The van der Waals surface area contributed by atoms with E-state index >= 15 is 0 Å². The summed E-state index contributed by atoms with van der Waals surface area (Å²) < 4.78 is 5.91. The quantitative estimate of drug-likeness (QED) is 0.519. The van der Waals surface area contributed by atoms with Gasteiger partial charge in [0.15, 0.2) is 0 Å². The zero-order valence-electron chi connectivity index (χ0n) is 8.08. The number of hydrogen-bond acceptors (Lipinski definition) is 3. The minimum atomic E-state index is -0.365. The molecular weight excluding hydrogens is 293 g/mol. The van der Waals surface area contributed by atoms with Crippen LogP contribution in [0.4, 0.5) is 5.69 Å². The fraction of sp³-hybridized carbons (Fsp3) is 0.300. The third kappa shape index (κ3) is 2.60. The van der Waals surface area contributed by atoms with Crippen LogP contribution in [0, 0.1) is 3.57 Å². The highest BCUT2D eigenvalue weighted by Crippen LogP contribution is 2.20. The molecule has 0 aliphatic rings. The van der Waals surface area contributed by atoms with Crippen LogP contribution in [0.15, 0.2) is 18.2 Å². The summed E-state index contributed by atoms with van der Waals surface area (Å²) in [5.41, 5.74) is 6.67. The molecule has 0 saturated carbocycles. The second-order valence-corrected chi connectivity index (χ2v) is 4.32. The van der Waals surface area contributed by atoms with Crippen molar-refractivity contribution < 1.29 is 9.53 Å². The van der Waals surface area contributed by atoms with Crippen LogP contribution in [0.25, 0.3) is 0 Å². The van der Waals surface area contributed by atoms with Crippen molar-refractivity contribution in [3.63, 3.8) is 0 Å². The van der Waals surface area contributed by atoms with Gasteiger partial charge in [0.2, 0.25) is 0 Å². The predicted octanol–water partition coefficient (Wildman–Crippen LogP) is 2.44. The zero-order chi connectivity index (χ0) is 10.7. The van der Waals surface area contributed by atoms with Crippen LogP contribution in [0.1, 0.15) is 24.2 Å². The molecule has 2 N–H and O–H groups in total. The summed E-state index contributed by atoms with van der Waals surface area (Å²) in [7, 11) is 0. The first kappa shape index (κ1) is 11.3. The van der Waals surface area contributed by atoms with Crippen LogP contribution in [-0.4, -0.2) is 12.1 Å². The number of nitrogens with two attached hydrogens (primary N) is 1. The Labute approximate surface area is 96.8 Å². The molecule has 0 aliphatic carbocycles. The minimum absolute atomic E-state index is 0.125. The van der Waals surface area contributed by atoms with Gasteiger partial charge in [-0.3, -0.25) is 0 Å². The van der Waals surface area contributed by atoms with E-state index in [4.69, 9.17) is 10.5 Å². The smallest absolute Gasteiger partial charge is 0.340 e. The van der Waals surface area contributed by atoms with Crippen molar-refractivity contribution in [2.45, 2.75) is 20.0 Å². The summed E-state index contributed by atoms with van der Waals surface area (Å²) in [6.45, 7) is 3.62. The van der Waals surface area contributed by atoms with Crippen LogP contribution >= 0.6 is 22.6 Å². The SMILES string of the molecule is CC(C)OC(=O)c1cccc(I)c1N. The third-order valence-electron chi connectivity index (χ3n) is 1.62. The summed E-state index contributed by atoms with van der Waals surface area (Å²) in [5, 5.41) is 0. The summed E-state index contributed by atoms with van der Waals surface area (Å²) in [6.07, 6.45) is -0.125. The van der Waals surface area contributed by atoms with Crippen molar-refractivity contribution in [1.29, 1.82) is 0 Å². The van der Waals surface area contributed by atoms with Crippen molar-refractivity contribution in [1.82, 2.24) is 0 Å². The van der Waals surface area contributed by atoms with E-state index in [1.54, 1.807) is 12.1 Å². The van der Waals surface area contributed by atoms with E-state index in [0.717, 1.165) is 3.57 Å². The number of nitrogen functional groups attached to an aromatic ring is 1. The third-order valence-corrected chi connectivity index (χ3v) is 2.56. The lowest BCUT2D eigenvalue weighted by atomic mass is 10.2. The van der Waals surface area contributed by atoms with E-state index in [0.29, 0.717) is 11.3 Å². The van der Waals surface area contributed by atoms with E-state index in [9.17, 15) is 4.79 Å². The Morgan fingerprint density at radius 1 is 1.50 bits per heavy atom. The Morgan fingerprint density at radius 3 is 2.71 bits per heavy atom. The normalized spacial score (nSPS) is 10.3. The molecule has 0 aliphatic heterocycles. The highest BCUT2D eigenvalue weighted by Gasteiger charge is 2.13. The van der Waals surface area contributed by atoms with Gasteiger partial charge < -0.3 is 10.5 Å². The van der Waals surface area contributed by atoms with E-state index in [1.165, 1.54) is 0 Å². The lowest BCUT2D eigenvalue weighted by Crippen LogP contribution is -2.13. The molecule has 76 valence electrons. The number of rotatable bonds is 2. The van der Waals surface area contributed by atoms with E-state index in [1.807, 2.05) is 19.9 Å². The van der Waals surface area contributed by atoms with Crippen molar-refractivity contribution >= 4 is 34.2 Å². The maximum Gasteiger partial charge on any atom is 0.340 e. The van der Waals surface area contributed by atoms with Crippen LogP contribution in [-0.2, 0) is 4.74 Å². The maximum atomic E-state index is 11.5. The molecule has 0 bridgehead atoms.